The summed E-state index contributed by atoms with van der Waals surface area (Å²) < 4.78 is 98.3. The number of allylic oxidation sites excluding steroid dienone is 2. The van der Waals surface area contributed by atoms with E-state index in [-0.39, 0.29) is 46.4 Å². The molecule has 0 radical (unpaired) electrons. The van der Waals surface area contributed by atoms with Crippen LogP contribution < -0.4 is 21.7 Å². The number of hydrogen-bond acceptors (Lipinski definition) is 2. The van der Waals surface area contributed by atoms with E-state index in [9.17, 15) is 0 Å². The van der Waals surface area contributed by atoms with E-state index in [2.05, 4.69) is 126 Å². The number of aromatic nitrogens is 2. The molecule has 10 aromatic carbocycles. The molecule has 11 aromatic rings. The van der Waals surface area contributed by atoms with E-state index in [1.807, 2.05) is 59.2 Å². The molecule has 4 nitrogen and oxygen atoms in total. The van der Waals surface area contributed by atoms with Crippen molar-refractivity contribution in [1.82, 2.24) is 9.47 Å². The molecule has 0 N–H and O–H groups in total. The molecule has 2 heterocycles. The number of ether oxygens (including phenoxy) is 1. The standard InChI is InChI=1S/C67H46N3O.ClH/c1-3-19-45(20-4-1)50-33-18-34-51(46-21-5-2-6-22-46)67(50)70-44-69(64-35-15-16-36-65(64)70)47-23-17-24-48(41-47)71-49-37-38-59-57-30-13-14-32-61(57)66(62(59)42-49)68-40-39-60-56-29-10-9-27-54(56)52-25-7-8-26-53(52)55-28-11-12-31-58(55)63(60)43-68;/h1-39,41-44,66H,40H2;1H/q+1;/p-1/i1D,2D,3D,4D,5D,6D,19D,20D,21D,22D;. The first-order valence-electron chi connectivity index (χ1n) is 28.7. The predicted molar refractivity (Wildman–Crippen MR) is 289 cm³/mol. The first kappa shape index (κ1) is 33.6. The molecule has 0 bridgehead atoms. The fourth-order valence-corrected chi connectivity index (χ4v) is 11.0. The Hall–Kier alpha value is -8.96. The summed E-state index contributed by atoms with van der Waals surface area (Å²) in [5, 5.41) is 0. The van der Waals surface area contributed by atoms with Gasteiger partial charge in [0.25, 0.3) is 6.33 Å². The molecular formula is C67H46ClN3O. The van der Waals surface area contributed by atoms with Crippen LogP contribution in [0.5, 0.6) is 11.5 Å². The molecule has 5 heteroatoms. The predicted octanol–water partition coefficient (Wildman–Crippen LogP) is 13.2. The van der Waals surface area contributed by atoms with Crippen molar-refractivity contribution in [2.24, 2.45) is 0 Å². The number of benzene rings is 10. The van der Waals surface area contributed by atoms with Crippen LogP contribution in [-0.2, 0) is 0 Å². The molecule has 0 fully saturated rings. The highest BCUT2D eigenvalue weighted by molar-refractivity contribution is 6.13. The Morgan fingerprint density at radius 2 is 0.986 bits per heavy atom. The van der Waals surface area contributed by atoms with Crippen LogP contribution in [0.1, 0.15) is 42.0 Å². The van der Waals surface area contributed by atoms with Gasteiger partial charge in [0.1, 0.15) is 22.9 Å². The van der Waals surface area contributed by atoms with Gasteiger partial charge in [-0.15, -0.1) is 0 Å². The van der Waals surface area contributed by atoms with Crippen molar-refractivity contribution in [3.8, 4) is 78.5 Å². The lowest BCUT2D eigenvalue weighted by molar-refractivity contribution is -0.567. The van der Waals surface area contributed by atoms with Gasteiger partial charge < -0.3 is 22.0 Å². The summed E-state index contributed by atoms with van der Waals surface area (Å²) in [5.41, 5.74) is 16.6. The van der Waals surface area contributed by atoms with Gasteiger partial charge in [0.2, 0.25) is 0 Å². The molecule has 14 rings (SSSR count). The topological polar surface area (TPSA) is 21.3 Å². The first-order valence-corrected chi connectivity index (χ1v) is 23.7. The molecule has 0 saturated carbocycles. The third kappa shape index (κ3) is 7.10. The fraction of sp³-hybridized carbons (Fsp3) is 0.0299. The van der Waals surface area contributed by atoms with Crippen molar-refractivity contribution in [3.63, 3.8) is 0 Å². The van der Waals surface area contributed by atoms with Crippen molar-refractivity contribution in [1.29, 1.82) is 0 Å². The molecule has 72 heavy (non-hydrogen) atoms. The smallest absolute Gasteiger partial charge is 0.255 e. The van der Waals surface area contributed by atoms with E-state index in [0.717, 1.165) is 16.7 Å². The maximum atomic E-state index is 9.09. The minimum absolute atomic E-state index is 0. The zero-order valence-corrected chi connectivity index (χ0v) is 39.2. The number of para-hydroxylation sites is 3. The molecule has 1 unspecified atom stereocenters. The minimum Gasteiger partial charge on any atom is -1.00 e. The molecule has 0 spiro atoms. The lowest BCUT2D eigenvalue weighted by Gasteiger charge is -2.35. The molecule has 1 atom stereocenters. The molecule has 0 amide bonds. The second-order valence-corrected chi connectivity index (χ2v) is 17.9. The quantitative estimate of drug-likeness (QED) is 0.148. The SMILES string of the molecule is [2H]c1c([2H])c([2H])c(-c2cccc(-c3c([2H])c([2H])c([2H])c([2H])c3[2H])c2-n2c[n+](-c3cccc(Oc4ccc5c(c4)C(N4C=C6C(=CC4)c4ccccc4-c4ccccc4-c4ccccc46)c4ccccc4-5)c3)c3ccccc32)c([2H])c1[2H].[Cl-]. The highest BCUT2D eigenvalue weighted by Crippen LogP contribution is 2.52. The minimum atomic E-state index is -0.556. The number of halogens is 1. The Balaban J connectivity index is 0.00000631. The third-order valence-corrected chi connectivity index (χ3v) is 14.0. The lowest BCUT2D eigenvalue weighted by Crippen LogP contribution is -3.00. The van der Waals surface area contributed by atoms with Crippen LogP contribution in [0.25, 0.3) is 89.2 Å². The van der Waals surface area contributed by atoms with Gasteiger partial charge in [-0.3, -0.25) is 0 Å². The summed E-state index contributed by atoms with van der Waals surface area (Å²) in [6.45, 7) is 0.671. The van der Waals surface area contributed by atoms with Gasteiger partial charge in [-0.2, -0.15) is 9.13 Å². The molecule has 1 aliphatic heterocycles. The Bertz CT molecular complexity index is 4440. The van der Waals surface area contributed by atoms with E-state index >= 15 is 0 Å². The number of nitrogens with zero attached hydrogens (tertiary/aromatic N) is 3. The Morgan fingerprint density at radius 1 is 0.458 bits per heavy atom. The summed E-state index contributed by atoms with van der Waals surface area (Å²) in [6.07, 6.45) is 6.54. The van der Waals surface area contributed by atoms with Crippen molar-refractivity contribution >= 4 is 22.2 Å². The van der Waals surface area contributed by atoms with E-state index in [1.165, 1.54) is 50.1 Å². The normalized spacial score (nSPS) is 15.9. The molecule has 0 saturated heterocycles. The van der Waals surface area contributed by atoms with Crippen LogP contribution in [-0.4, -0.2) is 16.0 Å². The zero-order valence-electron chi connectivity index (χ0n) is 48.5. The fourth-order valence-electron chi connectivity index (χ4n) is 11.0. The monoisotopic (exact) mass is 953 g/mol. The number of rotatable bonds is 7. The number of imidazole rings is 1. The van der Waals surface area contributed by atoms with Crippen molar-refractivity contribution < 1.29 is 35.4 Å². The molecular weight excluding hydrogens is 898 g/mol. The molecule has 3 aliphatic rings. The first-order chi connectivity index (χ1) is 39.4. The average molecular weight is 955 g/mol. The third-order valence-electron chi connectivity index (χ3n) is 14.0. The molecule has 342 valence electrons. The maximum absolute atomic E-state index is 9.09. The van der Waals surface area contributed by atoms with E-state index in [1.54, 1.807) is 29.1 Å². The van der Waals surface area contributed by atoms with Crippen LogP contribution in [0.15, 0.2) is 261 Å². The van der Waals surface area contributed by atoms with Crippen LogP contribution in [0, 0.1) is 0 Å². The summed E-state index contributed by atoms with van der Waals surface area (Å²) >= 11 is 0. The van der Waals surface area contributed by atoms with Gasteiger partial charge in [0.15, 0.2) is 11.0 Å². The van der Waals surface area contributed by atoms with Crippen LogP contribution >= 0.6 is 0 Å². The second-order valence-electron chi connectivity index (χ2n) is 17.9. The Labute approximate surface area is 439 Å². The van der Waals surface area contributed by atoms with E-state index in [0.29, 0.717) is 34.8 Å². The Kier molecular flexibility index (Phi) is 8.28. The summed E-state index contributed by atoms with van der Waals surface area (Å²) in [7, 11) is 0. The van der Waals surface area contributed by atoms with E-state index in [4.69, 9.17) is 18.4 Å². The van der Waals surface area contributed by atoms with Gasteiger partial charge in [0.05, 0.1) is 19.7 Å². The van der Waals surface area contributed by atoms with Crippen LogP contribution in [0.2, 0.25) is 0 Å². The largest absolute Gasteiger partial charge is 1.00 e. The van der Waals surface area contributed by atoms with Crippen molar-refractivity contribution in [2.75, 3.05) is 6.54 Å². The van der Waals surface area contributed by atoms with Crippen molar-refractivity contribution in [3.05, 3.63) is 283 Å². The lowest BCUT2D eigenvalue weighted by atomic mass is 9.79. The van der Waals surface area contributed by atoms with Gasteiger partial charge in [0, 0.05) is 35.5 Å². The van der Waals surface area contributed by atoms with Gasteiger partial charge >= 0.3 is 0 Å². The zero-order chi connectivity index (χ0) is 55.5. The number of hydrogen-bond donors (Lipinski definition) is 0. The summed E-state index contributed by atoms with van der Waals surface area (Å²) in [5.74, 6) is 1.20. The Morgan fingerprint density at radius 3 is 1.67 bits per heavy atom. The second kappa shape index (κ2) is 17.8. The summed E-state index contributed by atoms with van der Waals surface area (Å²) in [6, 6.07) is 55.9. The number of fused-ring (bicyclic) bond motifs is 12. The average Bonchev–Trinajstić information content (AvgIpc) is 3.41. The summed E-state index contributed by atoms with van der Waals surface area (Å²) in [4.78, 5) is 2.45. The highest BCUT2D eigenvalue weighted by Gasteiger charge is 2.35. The maximum Gasteiger partial charge on any atom is 0.255 e. The highest BCUT2D eigenvalue weighted by atomic mass is 35.5. The molecule has 2 aliphatic carbocycles. The molecule has 1 aromatic heterocycles. The van der Waals surface area contributed by atoms with Gasteiger partial charge in [-0.25, -0.2) is 0 Å². The van der Waals surface area contributed by atoms with Gasteiger partial charge in [-0.1, -0.05) is 206 Å². The van der Waals surface area contributed by atoms with E-state index < -0.39 is 60.4 Å². The van der Waals surface area contributed by atoms with Gasteiger partial charge in [-0.05, 0) is 109 Å². The van der Waals surface area contributed by atoms with Crippen LogP contribution in [0.4, 0.5) is 0 Å². The van der Waals surface area contributed by atoms with Crippen molar-refractivity contribution in [2.45, 2.75) is 6.04 Å². The van der Waals surface area contributed by atoms with Crippen LogP contribution in [0.3, 0.4) is 0 Å².